The topological polar surface area (TPSA) is 54.9 Å². The third kappa shape index (κ3) is 3.30. The Bertz CT molecular complexity index is 680. The number of amides is 1. The number of halogens is 4. The third-order valence-electron chi connectivity index (χ3n) is 2.38. The summed E-state index contributed by atoms with van der Waals surface area (Å²) in [5, 5.41) is 8.29. The van der Waals surface area contributed by atoms with Gasteiger partial charge in [-0.2, -0.15) is 8.78 Å². The van der Waals surface area contributed by atoms with Crippen LogP contribution in [0.1, 0.15) is 5.56 Å². The first-order valence-electron chi connectivity index (χ1n) is 5.37. The Kier molecular flexibility index (Phi) is 4.74. The molecule has 0 bridgehead atoms. The molecule has 0 aliphatic rings. The molecule has 0 fully saturated rings. The van der Waals surface area contributed by atoms with Gasteiger partial charge >= 0.3 is 11.8 Å². The standard InChI is InChI=1S/C11H7ClF3N3OS2/c1-20-10-18-17-9(21-10)16-8(19)11(14,15)5-3-2-4-6(13)7(5)12/h2-4H,1H3,(H,16,17,19). The molecule has 4 nitrogen and oxygen atoms in total. The zero-order chi connectivity index (χ0) is 15.6. The summed E-state index contributed by atoms with van der Waals surface area (Å²) in [6.45, 7) is 0. The highest BCUT2D eigenvalue weighted by Gasteiger charge is 2.43. The summed E-state index contributed by atoms with van der Waals surface area (Å²) in [5.41, 5.74) is -0.906. The summed E-state index contributed by atoms with van der Waals surface area (Å²) in [6, 6.07) is 2.86. The SMILES string of the molecule is CSc1nnc(NC(=O)C(F)(F)c2cccc(F)c2Cl)s1. The number of benzene rings is 1. The van der Waals surface area contributed by atoms with Gasteiger partial charge in [0, 0.05) is 0 Å². The number of nitrogens with zero attached hydrogens (tertiary/aromatic N) is 2. The predicted molar refractivity (Wildman–Crippen MR) is 75.6 cm³/mol. The minimum Gasteiger partial charge on any atom is -0.295 e. The van der Waals surface area contributed by atoms with Gasteiger partial charge in [0.05, 0.1) is 10.6 Å². The zero-order valence-corrected chi connectivity index (χ0v) is 12.8. The zero-order valence-electron chi connectivity index (χ0n) is 10.4. The van der Waals surface area contributed by atoms with Crippen molar-refractivity contribution < 1.29 is 18.0 Å². The second-order valence-electron chi connectivity index (χ2n) is 3.71. The molecular formula is C11H7ClF3N3OS2. The Morgan fingerprint density at radius 1 is 1.43 bits per heavy atom. The molecule has 1 aromatic carbocycles. The minimum absolute atomic E-state index is 0.0726. The Morgan fingerprint density at radius 2 is 2.14 bits per heavy atom. The van der Waals surface area contributed by atoms with E-state index in [1.54, 1.807) is 6.26 Å². The van der Waals surface area contributed by atoms with Crippen LogP contribution in [0, 0.1) is 5.82 Å². The van der Waals surface area contributed by atoms with E-state index in [2.05, 4.69) is 10.2 Å². The molecule has 0 radical (unpaired) electrons. The van der Waals surface area contributed by atoms with Crippen LogP contribution < -0.4 is 5.32 Å². The number of alkyl halides is 2. The van der Waals surface area contributed by atoms with Crippen LogP contribution in [-0.2, 0) is 10.7 Å². The normalized spacial score (nSPS) is 11.5. The number of hydrogen-bond donors (Lipinski definition) is 1. The molecule has 0 aliphatic heterocycles. The second-order valence-corrected chi connectivity index (χ2v) is 6.12. The van der Waals surface area contributed by atoms with E-state index in [4.69, 9.17) is 11.6 Å². The number of aromatic nitrogens is 2. The average Bonchev–Trinajstić information content (AvgIpc) is 2.89. The Morgan fingerprint density at radius 3 is 2.76 bits per heavy atom. The number of anilines is 1. The number of nitrogens with one attached hydrogen (secondary N) is 1. The molecule has 0 aliphatic carbocycles. The van der Waals surface area contributed by atoms with Gasteiger partial charge in [-0.05, 0) is 12.3 Å². The molecule has 0 unspecified atom stereocenters. The lowest BCUT2D eigenvalue weighted by Crippen LogP contribution is -2.32. The van der Waals surface area contributed by atoms with Crippen LogP contribution >= 0.6 is 34.7 Å². The van der Waals surface area contributed by atoms with Gasteiger partial charge in [0.25, 0.3) is 0 Å². The molecule has 112 valence electrons. The lowest BCUT2D eigenvalue weighted by Gasteiger charge is -2.16. The summed E-state index contributed by atoms with van der Waals surface area (Å²) in [7, 11) is 0. The van der Waals surface area contributed by atoms with Gasteiger partial charge in [0.15, 0.2) is 4.34 Å². The number of carbonyl (C=O) groups is 1. The van der Waals surface area contributed by atoms with Gasteiger partial charge < -0.3 is 0 Å². The first-order valence-corrected chi connectivity index (χ1v) is 7.79. The molecule has 0 saturated heterocycles. The highest BCUT2D eigenvalue weighted by molar-refractivity contribution is 8.00. The lowest BCUT2D eigenvalue weighted by atomic mass is 10.1. The van der Waals surface area contributed by atoms with Crippen LogP contribution in [0.5, 0.6) is 0 Å². The molecule has 0 saturated carbocycles. The van der Waals surface area contributed by atoms with E-state index in [-0.39, 0.29) is 5.13 Å². The van der Waals surface area contributed by atoms with E-state index in [1.165, 1.54) is 11.8 Å². The maximum absolute atomic E-state index is 14.1. The molecule has 10 heteroatoms. The summed E-state index contributed by atoms with van der Waals surface area (Å²) < 4.78 is 41.8. The van der Waals surface area contributed by atoms with Crippen molar-refractivity contribution in [2.75, 3.05) is 11.6 Å². The fourth-order valence-corrected chi connectivity index (χ4v) is 2.80. The van der Waals surface area contributed by atoms with E-state index in [9.17, 15) is 18.0 Å². The number of hydrogen-bond acceptors (Lipinski definition) is 5. The highest BCUT2D eigenvalue weighted by atomic mass is 35.5. The average molecular weight is 354 g/mol. The fraction of sp³-hybridized carbons (Fsp3) is 0.182. The number of thioether (sulfide) groups is 1. The van der Waals surface area contributed by atoms with Gasteiger partial charge in [-0.25, -0.2) is 4.39 Å². The van der Waals surface area contributed by atoms with Crippen LogP contribution in [-0.4, -0.2) is 22.4 Å². The van der Waals surface area contributed by atoms with Crippen molar-refractivity contribution >= 4 is 45.7 Å². The minimum atomic E-state index is -4.00. The maximum atomic E-state index is 14.1. The van der Waals surface area contributed by atoms with Crippen LogP contribution in [0.4, 0.5) is 18.3 Å². The van der Waals surface area contributed by atoms with Crippen molar-refractivity contribution in [2.45, 2.75) is 10.3 Å². The monoisotopic (exact) mass is 353 g/mol. The summed E-state index contributed by atoms with van der Waals surface area (Å²) in [5.74, 6) is -6.68. The Hall–Kier alpha value is -1.32. The molecule has 1 N–H and O–H groups in total. The van der Waals surface area contributed by atoms with Gasteiger partial charge in [0.2, 0.25) is 5.13 Å². The van der Waals surface area contributed by atoms with Gasteiger partial charge in [-0.15, -0.1) is 10.2 Å². The predicted octanol–water partition coefficient (Wildman–Crippen LogP) is 3.78. The summed E-state index contributed by atoms with van der Waals surface area (Å²) in [6.07, 6.45) is 1.73. The molecule has 1 aromatic heterocycles. The van der Waals surface area contributed by atoms with E-state index in [1.807, 2.05) is 5.32 Å². The smallest absolute Gasteiger partial charge is 0.295 e. The molecule has 1 amide bonds. The largest absolute Gasteiger partial charge is 0.351 e. The van der Waals surface area contributed by atoms with Crippen molar-refractivity contribution in [3.8, 4) is 0 Å². The Balaban J connectivity index is 2.25. The van der Waals surface area contributed by atoms with Crippen molar-refractivity contribution in [1.29, 1.82) is 0 Å². The van der Waals surface area contributed by atoms with Crippen molar-refractivity contribution in [1.82, 2.24) is 10.2 Å². The van der Waals surface area contributed by atoms with Gasteiger partial charge in [-0.1, -0.05) is 46.8 Å². The molecule has 21 heavy (non-hydrogen) atoms. The molecular weight excluding hydrogens is 347 g/mol. The number of carbonyl (C=O) groups excluding carboxylic acids is 1. The van der Waals surface area contributed by atoms with E-state index < -0.39 is 28.2 Å². The van der Waals surface area contributed by atoms with Gasteiger partial charge in [0.1, 0.15) is 5.82 Å². The summed E-state index contributed by atoms with van der Waals surface area (Å²) >= 11 is 7.70. The first kappa shape index (κ1) is 16.1. The van der Waals surface area contributed by atoms with Crippen molar-refractivity contribution in [2.24, 2.45) is 0 Å². The Labute approximate surface area is 130 Å². The first-order chi connectivity index (χ1) is 9.86. The van der Waals surface area contributed by atoms with Gasteiger partial charge in [-0.3, -0.25) is 10.1 Å². The molecule has 2 aromatic rings. The molecule has 0 spiro atoms. The molecule has 0 atom stereocenters. The van der Waals surface area contributed by atoms with Crippen LogP contribution in [0.3, 0.4) is 0 Å². The summed E-state index contributed by atoms with van der Waals surface area (Å²) in [4.78, 5) is 11.7. The van der Waals surface area contributed by atoms with Crippen LogP contribution in [0.15, 0.2) is 22.5 Å². The molecule has 1 heterocycles. The quantitative estimate of drug-likeness (QED) is 0.671. The van der Waals surface area contributed by atoms with Crippen LogP contribution in [0.2, 0.25) is 5.02 Å². The lowest BCUT2D eigenvalue weighted by molar-refractivity contribution is -0.140. The maximum Gasteiger partial charge on any atom is 0.351 e. The van der Waals surface area contributed by atoms with E-state index in [0.29, 0.717) is 4.34 Å². The van der Waals surface area contributed by atoms with E-state index >= 15 is 0 Å². The number of rotatable bonds is 4. The van der Waals surface area contributed by atoms with Crippen molar-refractivity contribution in [3.05, 3.63) is 34.6 Å². The second kappa shape index (κ2) is 6.20. The van der Waals surface area contributed by atoms with Crippen LogP contribution in [0.25, 0.3) is 0 Å². The fourth-order valence-electron chi connectivity index (χ4n) is 1.39. The molecule has 2 rings (SSSR count). The van der Waals surface area contributed by atoms with E-state index in [0.717, 1.165) is 29.5 Å². The van der Waals surface area contributed by atoms with Crippen molar-refractivity contribution in [3.63, 3.8) is 0 Å². The highest BCUT2D eigenvalue weighted by Crippen LogP contribution is 2.36. The third-order valence-corrected chi connectivity index (χ3v) is 4.57.